The van der Waals surface area contributed by atoms with E-state index in [-0.39, 0.29) is 24.1 Å². The summed E-state index contributed by atoms with van der Waals surface area (Å²) < 4.78 is 0. The molecule has 0 aliphatic carbocycles. The number of carboxylic acid groups (broad SMARTS) is 1. The van der Waals surface area contributed by atoms with Gasteiger partial charge in [0, 0.05) is 30.8 Å². The standard InChI is InChI=1S/C15H18N2O5/c1-10(2)15(14(19)20)7-8-16(9-15)13(18)11-3-5-12(6-4-11)17(21)22/h3-6,10H,7-9H2,1-2H3,(H,19,20). The van der Waals surface area contributed by atoms with E-state index in [0.29, 0.717) is 18.5 Å². The monoisotopic (exact) mass is 306 g/mol. The molecule has 1 fully saturated rings. The molecule has 1 atom stereocenters. The van der Waals surface area contributed by atoms with Gasteiger partial charge >= 0.3 is 5.97 Å². The molecule has 1 aliphatic rings. The minimum absolute atomic E-state index is 0.0833. The van der Waals surface area contributed by atoms with Crippen LogP contribution in [0.3, 0.4) is 0 Å². The second-order valence-electron chi connectivity index (χ2n) is 5.90. The number of amides is 1. The van der Waals surface area contributed by atoms with Gasteiger partial charge in [-0.2, -0.15) is 0 Å². The SMILES string of the molecule is CC(C)C1(C(=O)O)CCN(C(=O)c2ccc([N+](=O)[O-])cc2)C1. The number of carboxylic acids is 1. The van der Waals surface area contributed by atoms with E-state index in [1.165, 1.54) is 29.2 Å². The van der Waals surface area contributed by atoms with Crippen molar-refractivity contribution in [3.05, 3.63) is 39.9 Å². The topological polar surface area (TPSA) is 101 Å². The number of likely N-dealkylation sites (tertiary alicyclic amines) is 1. The lowest BCUT2D eigenvalue weighted by Crippen LogP contribution is -2.40. The number of carbonyl (C=O) groups is 2. The van der Waals surface area contributed by atoms with Gasteiger partial charge < -0.3 is 10.0 Å². The van der Waals surface area contributed by atoms with Gasteiger partial charge in [0.15, 0.2) is 0 Å². The van der Waals surface area contributed by atoms with E-state index >= 15 is 0 Å². The Morgan fingerprint density at radius 1 is 1.32 bits per heavy atom. The summed E-state index contributed by atoms with van der Waals surface area (Å²) in [5.74, 6) is -1.26. The number of nitrogens with zero attached hydrogens (tertiary/aromatic N) is 2. The lowest BCUT2D eigenvalue weighted by molar-refractivity contribution is -0.384. The third kappa shape index (κ3) is 2.66. The average Bonchev–Trinajstić information content (AvgIpc) is 2.93. The van der Waals surface area contributed by atoms with Crippen molar-refractivity contribution in [3.63, 3.8) is 0 Å². The molecule has 7 nitrogen and oxygen atoms in total. The van der Waals surface area contributed by atoms with Crippen molar-refractivity contribution in [3.8, 4) is 0 Å². The molecule has 0 saturated carbocycles. The van der Waals surface area contributed by atoms with Crippen LogP contribution < -0.4 is 0 Å². The van der Waals surface area contributed by atoms with Gasteiger partial charge in [0.1, 0.15) is 0 Å². The largest absolute Gasteiger partial charge is 0.481 e. The number of aliphatic carboxylic acids is 1. The number of carbonyl (C=O) groups excluding carboxylic acids is 1. The van der Waals surface area contributed by atoms with Gasteiger partial charge in [-0.3, -0.25) is 19.7 Å². The molecule has 0 bridgehead atoms. The Labute approximate surface area is 127 Å². The molecular formula is C15H18N2O5. The van der Waals surface area contributed by atoms with Gasteiger partial charge in [0.05, 0.1) is 10.3 Å². The summed E-state index contributed by atoms with van der Waals surface area (Å²) >= 11 is 0. The Hall–Kier alpha value is -2.44. The van der Waals surface area contributed by atoms with Gasteiger partial charge in [0.2, 0.25) is 0 Å². The number of nitro groups is 1. The Morgan fingerprint density at radius 3 is 2.32 bits per heavy atom. The van der Waals surface area contributed by atoms with Gasteiger partial charge in [-0.1, -0.05) is 13.8 Å². The third-order valence-corrected chi connectivity index (χ3v) is 4.44. The van der Waals surface area contributed by atoms with Crippen LogP contribution in [0.5, 0.6) is 0 Å². The molecule has 0 aromatic heterocycles. The molecular weight excluding hydrogens is 288 g/mol. The van der Waals surface area contributed by atoms with Crippen molar-refractivity contribution >= 4 is 17.6 Å². The van der Waals surface area contributed by atoms with Crippen LogP contribution in [-0.4, -0.2) is 39.9 Å². The summed E-state index contributed by atoms with van der Waals surface area (Å²) in [6.45, 7) is 4.22. The summed E-state index contributed by atoms with van der Waals surface area (Å²) in [6.07, 6.45) is 0.415. The highest BCUT2D eigenvalue weighted by Crippen LogP contribution is 2.38. The quantitative estimate of drug-likeness (QED) is 0.678. The van der Waals surface area contributed by atoms with Crippen LogP contribution in [0, 0.1) is 21.4 Å². The maximum atomic E-state index is 12.4. The van der Waals surface area contributed by atoms with E-state index in [4.69, 9.17) is 0 Å². The van der Waals surface area contributed by atoms with Crippen LogP contribution in [0.1, 0.15) is 30.6 Å². The van der Waals surface area contributed by atoms with Crippen molar-refractivity contribution in [2.45, 2.75) is 20.3 Å². The molecule has 0 radical (unpaired) electrons. The lowest BCUT2D eigenvalue weighted by atomic mass is 9.76. The van der Waals surface area contributed by atoms with E-state index < -0.39 is 16.3 Å². The Bertz CT molecular complexity index is 611. The molecule has 7 heteroatoms. The highest BCUT2D eigenvalue weighted by molar-refractivity contribution is 5.95. The number of hydrogen-bond donors (Lipinski definition) is 1. The second-order valence-corrected chi connectivity index (χ2v) is 5.90. The second kappa shape index (κ2) is 5.75. The summed E-state index contributed by atoms with van der Waals surface area (Å²) in [7, 11) is 0. The fourth-order valence-corrected chi connectivity index (χ4v) is 2.81. The van der Waals surface area contributed by atoms with E-state index in [1.807, 2.05) is 13.8 Å². The van der Waals surface area contributed by atoms with E-state index in [0.717, 1.165) is 0 Å². The Morgan fingerprint density at radius 2 is 1.91 bits per heavy atom. The summed E-state index contributed by atoms with van der Waals surface area (Å²) in [4.78, 5) is 35.6. The zero-order chi connectivity index (χ0) is 16.5. The van der Waals surface area contributed by atoms with Crippen LogP contribution >= 0.6 is 0 Å². The highest BCUT2D eigenvalue weighted by atomic mass is 16.6. The smallest absolute Gasteiger partial charge is 0.311 e. The third-order valence-electron chi connectivity index (χ3n) is 4.44. The Balaban J connectivity index is 2.18. The van der Waals surface area contributed by atoms with E-state index in [2.05, 4.69) is 0 Å². The minimum Gasteiger partial charge on any atom is -0.481 e. The van der Waals surface area contributed by atoms with E-state index in [1.54, 1.807) is 0 Å². The summed E-state index contributed by atoms with van der Waals surface area (Å²) in [5.41, 5.74) is -0.674. The molecule has 1 aliphatic heterocycles. The van der Waals surface area contributed by atoms with Crippen molar-refractivity contribution < 1.29 is 19.6 Å². The number of hydrogen-bond acceptors (Lipinski definition) is 4. The van der Waals surface area contributed by atoms with Crippen molar-refractivity contribution in [1.82, 2.24) is 4.90 Å². The molecule has 1 aromatic carbocycles. The lowest BCUT2D eigenvalue weighted by Gasteiger charge is -2.28. The normalized spacial score (nSPS) is 21.1. The first-order valence-corrected chi connectivity index (χ1v) is 7.05. The number of rotatable bonds is 4. The zero-order valence-corrected chi connectivity index (χ0v) is 12.5. The maximum absolute atomic E-state index is 12.4. The van der Waals surface area contributed by atoms with Gasteiger partial charge in [-0.05, 0) is 24.5 Å². The van der Waals surface area contributed by atoms with Gasteiger partial charge in [-0.15, -0.1) is 0 Å². The minimum atomic E-state index is -0.920. The average molecular weight is 306 g/mol. The van der Waals surface area contributed by atoms with Crippen LogP contribution in [0.4, 0.5) is 5.69 Å². The molecule has 0 spiro atoms. The predicted molar refractivity (Wildman–Crippen MR) is 78.5 cm³/mol. The number of nitro benzene ring substituents is 1. The van der Waals surface area contributed by atoms with Crippen LogP contribution in [0.15, 0.2) is 24.3 Å². The van der Waals surface area contributed by atoms with Crippen molar-refractivity contribution in [2.75, 3.05) is 13.1 Å². The molecule has 1 amide bonds. The zero-order valence-electron chi connectivity index (χ0n) is 12.5. The van der Waals surface area contributed by atoms with Crippen molar-refractivity contribution in [1.29, 1.82) is 0 Å². The van der Waals surface area contributed by atoms with Crippen molar-refractivity contribution in [2.24, 2.45) is 11.3 Å². The van der Waals surface area contributed by atoms with Gasteiger partial charge in [-0.25, -0.2) is 0 Å². The molecule has 1 unspecified atom stereocenters. The first-order chi connectivity index (χ1) is 10.3. The predicted octanol–water partition coefficient (Wildman–Crippen LogP) is 2.17. The summed E-state index contributed by atoms with van der Waals surface area (Å²) in [6, 6.07) is 5.35. The van der Waals surface area contributed by atoms with Crippen LogP contribution in [-0.2, 0) is 4.79 Å². The highest BCUT2D eigenvalue weighted by Gasteiger charge is 2.48. The van der Waals surface area contributed by atoms with E-state index in [9.17, 15) is 24.8 Å². The number of non-ortho nitro benzene ring substituents is 1. The molecule has 2 rings (SSSR count). The molecule has 22 heavy (non-hydrogen) atoms. The van der Waals surface area contributed by atoms with Gasteiger partial charge in [0.25, 0.3) is 11.6 Å². The Kier molecular flexibility index (Phi) is 4.16. The fraction of sp³-hybridized carbons (Fsp3) is 0.467. The molecule has 1 heterocycles. The van der Waals surface area contributed by atoms with Crippen LogP contribution in [0.25, 0.3) is 0 Å². The molecule has 1 N–H and O–H groups in total. The molecule has 1 aromatic rings. The van der Waals surface area contributed by atoms with Crippen LogP contribution in [0.2, 0.25) is 0 Å². The fourth-order valence-electron chi connectivity index (χ4n) is 2.81. The summed E-state index contributed by atoms with van der Waals surface area (Å²) in [5, 5.41) is 20.1. The first kappa shape index (κ1) is 15.9. The maximum Gasteiger partial charge on any atom is 0.311 e. The number of benzene rings is 1. The first-order valence-electron chi connectivity index (χ1n) is 7.05. The molecule has 118 valence electrons. The molecule has 1 saturated heterocycles.